The van der Waals surface area contributed by atoms with E-state index in [1.807, 2.05) is 6.07 Å². The van der Waals surface area contributed by atoms with E-state index in [1.165, 1.54) is 23.1 Å². The first-order valence-corrected chi connectivity index (χ1v) is 8.03. The Hall–Kier alpha value is -1.31. The number of fused-ring (bicyclic) bond motifs is 1. The molecule has 3 amide bonds. The highest BCUT2D eigenvalue weighted by molar-refractivity contribution is 8.01. The van der Waals surface area contributed by atoms with E-state index in [4.69, 9.17) is 11.6 Å². The molecule has 5 nitrogen and oxygen atoms in total. The van der Waals surface area contributed by atoms with Gasteiger partial charge in [-0.15, -0.1) is 11.3 Å². The van der Waals surface area contributed by atoms with Crippen LogP contribution in [0.5, 0.6) is 0 Å². The SMILES string of the molecule is CCNC(=O)NC(=O)CSc1nc2cc(Cl)ccc2s1. The van der Waals surface area contributed by atoms with Gasteiger partial charge in [0.15, 0.2) is 4.34 Å². The number of halogens is 1. The van der Waals surface area contributed by atoms with Crippen LogP contribution in [0.2, 0.25) is 5.02 Å². The zero-order valence-electron chi connectivity index (χ0n) is 10.6. The number of hydrogen-bond donors (Lipinski definition) is 2. The number of aromatic nitrogens is 1. The summed E-state index contributed by atoms with van der Waals surface area (Å²) in [6.45, 7) is 2.26. The maximum absolute atomic E-state index is 11.5. The third-order valence-electron chi connectivity index (χ3n) is 2.25. The lowest BCUT2D eigenvalue weighted by molar-refractivity contribution is -0.117. The van der Waals surface area contributed by atoms with Crippen LogP contribution in [0.25, 0.3) is 10.2 Å². The van der Waals surface area contributed by atoms with Gasteiger partial charge in [0.25, 0.3) is 0 Å². The molecule has 2 aromatic rings. The standard InChI is InChI=1S/C12H12ClN3O2S2/c1-2-14-11(18)16-10(17)6-19-12-15-8-5-7(13)3-4-9(8)20-12/h3-5H,2,6H2,1H3,(H2,14,16,17,18). The normalized spacial score (nSPS) is 10.5. The van der Waals surface area contributed by atoms with Crippen molar-refractivity contribution in [2.75, 3.05) is 12.3 Å². The van der Waals surface area contributed by atoms with E-state index >= 15 is 0 Å². The molecule has 0 fully saturated rings. The molecule has 20 heavy (non-hydrogen) atoms. The highest BCUT2D eigenvalue weighted by Crippen LogP contribution is 2.30. The summed E-state index contributed by atoms with van der Waals surface area (Å²) < 4.78 is 1.79. The molecule has 106 valence electrons. The van der Waals surface area contributed by atoms with Crippen molar-refractivity contribution in [3.63, 3.8) is 0 Å². The number of rotatable bonds is 4. The first kappa shape index (κ1) is 15.1. The summed E-state index contributed by atoms with van der Waals surface area (Å²) in [4.78, 5) is 27.1. The Morgan fingerprint density at radius 2 is 2.25 bits per heavy atom. The van der Waals surface area contributed by atoms with Gasteiger partial charge in [-0.2, -0.15) is 0 Å². The summed E-state index contributed by atoms with van der Waals surface area (Å²) in [6.07, 6.45) is 0. The van der Waals surface area contributed by atoms with E-state index in [9.17, 15) is 9.59 Å². The van der Waals surface area contributed by atoms with Gasteiger partial charge >= 0.3 is 6.03 Å². The molecule has 0 saturated heterocycles. The molecular weight excluding hydrogens is 318 g/mol. The number of benzene rings is 1. The zero-order chi connectivity index (χ0) is 14.5. The molecular formula is C12H12ClN3O2S2. The summed E-state index contributed by atoms with van der Waals surface area (Å²) >= 11 is 8.67. The highest BCUT2D eigenvalue weighted by atomic mass is 35.5. The summed E-state index contributed by atoms with van der Waals surface area (Å²) in [5, 5.41) is 5.37. The van der Waals surface area contributed by atoms with Crippen LogP contribution in [0.4, 0.5) is 4.79 Å². The van der Waals surface area contributed by atoms with Gasteiger partial charge in [-0.05, 0) is 25.1 Å². The summed E-state index contributed by atoms with van der Waals surface area (Å²) in [6, 6.07) is 5.01. The van der Waals surface area contributed by atoms with E-state index in [-0.39, 0.29) is 11.7 Å². The Morgan fingerprint density at radius 1 is 1.45 bits per heavy atom. The van der Waals surface area contributed by atoms with E-state index < -0.39 is 6.03 Å². The lowest BCUT2D eigenvalue weighted by atomic mass is 10.3. The first-order chi connectivity index (χ1) is 9.58. The predicted molar refractivity (Wildman–Crippen MR) is 82.6 cm³/mol. The van der Waals surface area contributed by atoms with Crippen molar-refractivity contribution < 1.29 is 9.59 Å². The van der Waals surface area contributed by atoms with E-state index in [0.717, 1.165) is 14.6 Å². The van der Waals surface area contributed by atoms with Gasteiger partial charge in [-0.3, -0.25) is 10.1 Å². The molecule has 2 rings (SSSR count). The number of thioether (sulfide) groups is 1. The largest absolute Gasteiger partial charge is 0.338 e. The van der Waals surface area contributed by atoms with Gasteiger partial charge in [0.05, 0.1) is 16.0 Å². The molecule has 0 saturated carbocycles. The summed E-state index contributed by atoms with van der Waals surface area (Å²) in [5.74, 6) is -0.205. The van der Waals surface area contributed by atoms with Crippen LogP contribution < -0.4 is 10.6 Å². The van der Waals surface area contributed by atoms with Crippen molar-refractivity contribution in [3.8, 4) is 0 Å². The summed E-state index contributed by atoms with van der Waals surface area (Å²) in [7, 11) is 0. The molecule has 0 aliphatic rings. The second kappa shape index (κ2) is 6.92. The van der Waals surface area contributed by atoms with Crippen LogP contribution in [0.3, 0.4) is 0 Å². The average molecular weight is 330 g/mol. The number of carbonyl (C=O) groups is 2. The van der Waals surface area contributed by atoms with Gasteiger partial charge in [0.2, 0.25) is 5.91 Å². The topological polar surface area (TPSA) is 71.1 Å². The molecule has 2 N–H and O–H groups in total. The molecule has 0 aliphatic carbocycles. The molecule has 0 bridgehead atoms. The van der Waals surface area contributed by atoms with Crippen LogP contribution in [0.15, 0.2) is 22.5 Å². The number of thiazole rings is 1. The van der Waals surface area contributed by atoms with Gasteiger partial charge in [0, 0.05) is 11.6 Å². The van der Waals surface area contributed by atoms with Crippen LogP contribution in [0, 0.1) is 0 Å². The maximum atomic E-state index is 11.5. The molecule has 0 radical (unpaired) electrons. The van der Waals surface area contributed by atoms with Crippen LogP contribution in [-0.4, -0.2) is 29.2 Å². The maximum Gasteiger partial charge on any atom is 0.321 e. The molecule has 1 aromatic heterocycles. The number of nitrogens with zero attached hydrogens (tertiary/aromatic N) is 1. The van der Waals surface area contributed by atoms with Gasteiger partial charge in [-0.25, -0.2) is 9.78 Å². The number of hydrogen-bond acceptors (Lipinski definition) is 5. The van der Waals surface area contributed by atoms with Gasteiger partial charge in [0.1, 0.15) is 0 Å². The lowest BCUT2D eigenvalue weighted by Gasteiger charge is -2.02. The fourth-order valence-corrected chi connectivity index (χ4v) is 3.45. The van der Waals surface area contributed by atoms with Crippen molar-refractivity contribution in [1.29, 1.82) is 0 Å². The average Bonchev–Trinajstić information content (AvgIpc) is 2.78. The molecule has 0 atom stereocenters. The Labute approximate surface area is 129 Å². The Balaban J connectivity index is 1.92. The molecule has 8 heteroatoms. The number of nitrogens with one attached hydrogen (secondary N) is 2. The number of imide groups is 1. The minimum Gasteiger partial charge on any atom is -0.338 e. The number of amides is 3. The fourth-order valence-electron chi connectivity index (χ4n) is 1.44. The smallest absolute Gasteiger partial charge is 0.321 e. The van der Waals surface area contributed by atoms with Crippen molar-refractivity contribution in [2.45, 2.75) is 11.3 Å². The second-order valence-electron chi connectivity index (χ2n) is 3.79. The minimum atomic E-state index is -0.478. The first-order valence-electron chi connectivity index (χ1n) is 5.85. The Bertz CT molecular complexity index is 645. The number of urea groups is 1. The van der Waals surface area contributed by atoms with Crippen LogP contribution in [0.1, 0.15) is 6.92 Å². The zero-order valence-corrected chi connectivity index (χ0v) is 13.0. The van der Waals surface area contributed by atoms with Gasteiger partial charge < -0.3 is 5.32 Å². The third-order valence-corrected chi connectivity index (χ3v) is 4.66. The van der Waals surface area contributed by atoms with E-state index in [2.05, 4.69) is 15.6 Å². The minimum absolute atomic E-state index is 0.144. The quantitative estimate of drug-likeness (QED) is 0.846. The molecule has 0 unspecified atom stereocenters. The van der Waals surface area contributed by atoms with Crippen LogP contribution >= 0.6 is 34.7 Å². The van der Waals surface area contributed by atoms with Crippen molar-refractivity contribution in [1.82, 2.24) is 15.6 Å². The second-order valence-corrected chi connectivity index (χ2v) is 6.48. The highest BCUT2D eigenvalue weighted by Gasteiger charge is 2.10. The van der Waals surface area contributed by atoms with Crippen molar-refractivity contribution in [2.24, 2.45) is 0 Å². The lowest BCUT2D eigenvalue weighted by Crippen LogP contribution is -2.40. The summed E-state index contributed by atoms with van der Waals surface area (Å²) in [5.41, 5.74) is 0.814. The third kappa shape index (κ3) is 4.09. The molecule has 0 aliphatic heterocycles. The van der Waals surface area contributed by atoms with Crippen molar-refractivity contribution >= 4 is 56.9 Å². The van der Waals surface area contributed by atoms with E-state index in [1.54, 1.807) is 19.1 Å². The van der Waals surface area contributed by atoms with E-state index in [0.29, 0.717) is 11.6 Å². The van der Waals surface area contributed by atoms with Crippen LogP contribution in [-0.2, 0) is 4.79 Å². The predicted octanol–water partition coefficient (Wildman–Crippen LogP) is 2.89. The Kier molecular flexibility index (Phi) is 5.22. The molecule has 1 aromatic carbocycles. The number of carbonyl (C=O) groups excluding carboxylic acids is 2. The Morgan fingerprint density at radius 3 is 3.00 bits per heavy atom. The monoisotopic (exact) mass is 329 g/mol. The van der Waals surface area contributed by atoms with Gasteiger partial charge in [-0.1, -0.05) is 23.4 Å². The molecule has 1 heterocycles. The fraction of sp³-hybridized carbons (Fsp3) is 0.250. The molecule has 0 spiro atoms. The van der Waals surface area contributed by atoms with Crippen molar-refractivity contribution in [3.05, 3.63) is 23.2 Å².